The summed E-state index contributed by atoms with van der Waals surface area (Å²) in [5.74, 6) is 0.802. The highest BCUT2D eigenvalue weighted by Gasteiger charge is 2.09. The number of rotatable bonds is 4. The Morgan fingerprint density at radius 2 is 2.17 bits per heavy atom. The minimum absolute atomic E-state index is 0.252. The Morgan fingerprint density at radius 1 is 1.33 bits per heavy atom. The maximum absolute atomic E-state index is 11.8. The molecule has 7 heteroatoms. The number of aryl methyl sites for hydroxylation is 1. The van der Waals surface area contributed by atoms with Gasteiger partial charge in [-0.1, -0.05) is 0 Å². The van der Waals surface area contributed by atoms with Crippen molar-refractivity contribution in [1.29, 1.82) is 0 Å². The second-order valence-electron chi connectivity index (χ2n) is 3.65. The fraction of sp³-hybridized carbons (Fsp3) is 0.273. The maximum Gasteiger partial charge on any atom is 0.277 e. The highest BCUT2D eigenvalue weighted by atomic mass is 16.2. The third-order valence-electron chi connectivity index (χ3n) is 2.20. The van der Waals surface area contributed by atoms with E-state index in [9.17, 15) is 4.79 Å². The lowest BCUT2D eigenvalue weighted by molar-refractivity contribution is 0.102. The third-order valence-corrected chi connectivity index (χ3v) is 2.20. The van der Waals surface area contributed by atoms with Crippen LogP contribution in [0.3, 0.4) is 0 Å². The molecular formula is C11H14N6O. The minimum atomic E-state index is -0.329. The van der Waals surface area contributed by atoms with Crippen molar-refractivity contribution in [2.24, 2.45) is 7.05 Å². The Hall–Kier alpha value is -2.44. The van der Waals surface area contributed by atoms with Gasteiger partial charge in [-0.15, -0.1) is 0 Å². The van der Waals surface area contributed by atoms with Gasteiger partial charge in [0.15, 0.2) is 5.82 Å². The van der Waals surface area contributed by atoms with Gasteiger partial charge in [-0.2, -0.15) is 5.10 Å². The van der Waals surface area contributed by atoms with Crippen molar-refractivity contribution in [3.63, 3.8) is 0 Å². The van der Waals surface area contributed by atoms with E-state index in [1.165, 1.54) is 12.4 Å². The van der Waals surface area contributed by atoms with Gasteiger partial charge in [0.05, 0.1) is 12.4 Å². The molecule has 2 N–H and O–H groups in total. The number of aromatic nitrogens is 4. The normalized spacial score (nSPS) is 10.1. The number of hydrogen-bond donors (Lipinski definition) is 2. The highest BCUT2D eigenvalue weighted by molar-refractivity contribution is 6.02. The van der Waals surface area contributed by atoms with Gasteiger partial charge in [0, 0.05) is 25.9 Å². The Morgan fingerprint density at radius 3 is 2.72 bits per heavy atom. The fourth-order valence-corrected chi connectivity index (χ4v) is 1.38. The van der Waals surface area contributed by atoms with Gasteiger partial charge in [0.1, 0.15) is 11.5 Å². The molecule has 18 heavy (non-hydrogen) atoms. The van der Waals surface area contributed by atoms with Crippen LogP contribution in [0, 0.1) is 0 Å². The second-order valence-corrected chi connectivity index (χ2v) is 3.65. The van der Waals surface area contributed by atoms with Gasteiger partial charge in [0.2, 0.25) is 0 Å². The molecule has 2 rings (SSSR count). The van der Waals surface area contributed by atoms with Crippen molar-refractivity contribution < 1.29 is 4.79 Å². The molecule has 94 valence electrons. The van der Waals surface area contributed by atoms with Crippen molar-refractivity contribution in [2.45, 2.75) is 6.92 Å². The molecule has 0 spiro atoms. The first-order valence-electron chi connectivity index (χ1n) is 5.56. The van der Waals surface area contributed by atoms with Crippen molar-refractivity contribution in [1.82, 2.24) is 19.7 Å². The van der Waals surface area contributed by atoms with Crippen molar-refractivity contribution >= 4 is 17.5 Å². The molecule has 0 fully saturated rings. The van der Waals surface area contributed by atoms with Crippen LogP contribution in [0.25, 0.3) is 0 Å². The SMILES string of the molecule is CCNc1cnc(C(=O)Nc2ccn(C)n2)cn1. The molecule has 2 aromatic heterocycles. The molecule has 0 bridgehead atoms. The van der Waals surface area contributed by atoms with Crippen LogP contribution in [-0.2, 0) is 7.05 Å². The van der Waals surface area contributed by atoms with Gasteiger partial charge in [-0.05, 0) is 6.92 Å². The van der Waals surface area contributed by atoms with Crippen LogP contribution in [0.4, 0.5) is 11.6 Å². The summed E-state index contributed by atoms with van der Waals surface area (Å²) in [6.45, 7) is 2.72. The molecule has 0 aliphatic carbocycles. The molecule has 0 atom stereocenters. The van der Waals surface area contributed by atoms with Crippen molar-refractivity contribution in [3.05, 3.63) is 30.4 Å². The van der Waals surface area contributed by atoms with Crippen LogP contribution >= 0.6 is 0 Å². The summed E-state index contributed by atoms with van der Waals surface area (Å²) in [5, 5.41) is 9.69. The van der Waals surface area contributed by atoms with E-state index >= 15 is 0 Å². The summed E-state index contributed by atoms with van der Waals surface area (Å²) in [5.41, 5.74) is 0.252. The smallest absolute Gasteiger partial charge is 0.277 e. The van der Waals surface area contributed by atoms with Crippen molar-refractivity contribution in [3.8, 4) is 0 Å². The number of hydrogen-bond acceptors (Lipinski definition) is 5. The number of anilines is 2. The number of nitrogens with zero attached hydrogens (tertiary/aromatic N) is 4. The number of carbonyl (C=O) groups is 1. The fourth-order valence-electron chi connectivity index (χ4n) is 1.38. The van der Waals surface area contributed by atoms with E-state index in [-0.39, 0.29) is 11.6 Å². The molecule has 0 aromatic carbocycles. The van der Waals surface area contributed by atoms with Crippen LogP contribution in [0.15, 0.2) is 24.7 Å². The summed E-state index contributed by atoms with van der Waals surface area (Å²) in [6, 6.07) is 1.71. The van der Waals surface area contributed by atoms with Gasteiger partial charge in [-0.25, -0.2) is 9.97 Å². The molecule has 0 aliphatic heterocycles. The molecule has 0 radical (unpaired) electrons. The molecule has 0 saturated carbocycles. The van der Waals surface area contributed by atoms with E-state index in [0.29, 0.717) is 11.6 Å². The second kappa shape index (κ2) is 5.26. The van der Waals surface area contributed by atoms with Gasteiger partial charge < -0.3 is 10.6 Å². The lowest BCUT2D eigenvalue weighted by Gasteiger charge is -2.03. The topological polar surface area (TPSA) is 84.7 Å². The van der Waals surface area contributed by atoms with E-state index < -0.39 is 0 Å². The summed E-state index contributed by atoms with van der Waals surface area (Å²) in [7, 11) is 1.78. The highest BCUT2D eigenvalue weighted by Crippen LogP contribution is 2.05. The molecule has 0 saturated heterocycles. The van der Waals surface area contributed by atoms with E-state index in [0.717, 1.165) is 6.54 Å². The Labute approximate surface area is 104 Å². The molecule has 0 unspecified atom stereocenters. The zero-order chi connectivity index (χ0) is 13.0. The summed E-state index contributed by atoms with van der Waals surface area (Å²) in [6.07, 6.45) is 4.70. The molecule has 2 heterocycles. The summed E-state index contributed by atoms with van der Waals surface area (Å²) >= 11 is 0. The average Bonchev–Trinajstić information content (AvgIpc) is 2.76. The van der Waals surface area contributed by atoms with E-state index in [2.05, 4.69) is 25.7 Å². The number of nitrogens with one attached hydrogen (secondary N) is 2. The predicted octanol–water partition coefficient (Wildman–Crippen LogP) is 0.894. The minimum Gasteiger partial charge on any atom is -0.369 e. The van der Waals surface area contributed by atoms with Crippen LogP contribution in [0.1, 0.15) is 17.4 Å². The standard InChI is InChI=1S/C11H14N6O/c1-3-12-10-7-13-8(6-14-10)11(18)15-9-4-5-17(2)16-9/h4-7H,3H2,1-2H3,(H,12,14)(H,15,16,18). The monoisotopic (exact) mass is 246 g/mol. The Kier molecular flexibility index (Phi) is 3.52. The zero-order valence-electron chi connectivity index (χ0n) is 10.2. The molecule has 7 nitrogen and oxygen atoms in total. The first-order valence-corrected chi connectivity index (χ1v) is 5.56. The average molecular weight is 246 g/mol. The summed E-state index contributed by atoms with van der Waals surface area (Å²) in [4.78, 5) is 19.9. The van der Waals surface area contributed by atoms with Crippen LogP contribution < -0.4 is 10.6 Å². The molecule has 0 aliphatic rings. The lowest BCUT2D eigenvalue weighted by atomic mass is 10.4. The predicted molar refractivity (Wildman–Crippen MR) is 67.4 cm³/mol. The van der Waals surface area contributed by atoms with E-state index in [1.54, 1.807) is 24.0 Å². The van der Waals surface area contributed by atoms with Crippen LogP contribution in [0.2, 0.25) is 0 Å². The zero-order valence-corrected chi connectivity index (χ0v) is 10.2. The van der Waals surface area contributed by atoms with Gasteiger partial charge in [-0.3, -0.25) is 9.48 Å². The van der Waals surface area contributed by atoms with Gasteiger partial charge >= 0.3 is 0 Å². The number of carbonyl (C=O) groups excluding carboxylic acids is 1. The van der Waals surface area contributed by atoms with Crippen LogP contribution in [-0.4, -0.2) is 32.2 Å². The molecule has 2 aromatic rings. The first-order chi connectivity index (χ1) is 8.69. The van der Waals surface area contributed by atoms with Crippen molar-refractivity contribution in [2.75, 3.05) is 17.2 Å². The quantitative estimate of drug-likeness (QED) is 0.837. The van der Waals surface area contributed by atoms with Gasteiger partial charge in [0.25, 0.3) is 5.91 Å². The molecular weight excluding hydrogens is 232 g/mol. The summed E-state index contributed by atoms with van der Waals surface area (Å²) < 4.78 is 1.61. The Balaban J connectivity index is 2.04. The van der Waals surface area contributed by atoms with Crippen LogP contribution in [0.5, 0.6) is 0 Å². The largest absolute Gasteiger partial charge is 0.369 e. The Bertz CT molecular complexity index is 533. The van der Waals surface area contributed by atoms with E-state index in [1.807, 2.05) is 6.92 Å². The first kappa shape index (κ1) is 12.0. The maximum atomic E-state index is 11.8. The lowest BCUT2D eigenvalue weighted by Crippen LogP contribution is -2.15. The third kappa shape index (κ3) is 2.82. The van der Waals surface area contributed by atoms with E-state index in [4.69, 9.17) is 0 Å². The molecule has 1 amide bonds. The number of amides is 1.